The first kappa shape index (κ1) is 21.6. The molecule has 0 aliphatic heterocycles. The third-order valence-electron chi connectivity index (χ3n) is 5.67. The Morgan fingerprint density at radius 3 is 1.59 bits per heavy atom. The monoisotopic (exact) mass is 427 g/mol. The molecule has 0 aliphatic carbocycles. The first-order valence-electron chi connectivity index (χ1n) is 10.3. The molecule has 0 fully saturated rings. The van der Waals surface area contributed by atoms with E-state index in [1.54, 1.807) is 26.4 Å². The first-order valence-corrected chi connectivity index (χ1v) is 10.3. The van der Waals surface area contributed by atoms with Gasteiger partial charge in [-0.05, 0) is 53.1 Å². The number of pyridine rings is 1. The highest BCUT2D eigenvalue weighted by atomic mass is 16.5. The number of nitrogens with zero attached hydrogens (tertiary/aromatic N) is 1. The van der Waals surface area contributed by atoms with Gasteiger partial charge in [-0.1, -0.05) is 60.7 Å². The second kappa shape index (κ2) is 9.22. The lowest BCUT2D eigenvalue weighted by Gasteiger charge is -2.36. The van der Waals surface area contributed by atoms with Gasteiger partial charge >= 0.3 is 0 Å². The van der Waals surface area contributed by atoms with Crippen LogP contribution < -0.4 is 9.47 Å². The summed E-state index contributed by atoms with van der Waals surface area (Å²) >= 11 is 0. The summed E-state index contributed by atoms with van der Waals surface area (Å²) in [5, 5.41) is 19.6. The van der Waals surface area contributed by atoms with Crippen LogP contribution in [0.1, 0.15) is 34.4 Å². The average molecular weight is 428 g/mol. The lowest BCUT2D eigenvalue weighted by Crippen LogP contribution is -2.32. The lowest BCUT2D eigenvalue weighted by molar-refractivity contribution is -0.0460. The van der Waals surface area contributed by atoms with Crippen LogP contribution >= 0.6 is 0 Å². The minimum absolute atomic E-state index is 0.185. The van der Waals surface area contributed by atoms with Crippen LogP contribution in [-0.2, 0) is 5.41 Å². The Balaban J connectivity index is 2.09. The maximum absolute atomic E-state index is 9.82. The molecular weight excluding hydrogens is 402 g/mol. The minimum Gasteiger partial charge on any atom is -0.497 e. The van der Waals surface area contributed by atoms with E-state index in [-0.39, 0.29) is 5.69 Å². The number of methoxy groups -OCH3 is 2. The SMILES string of the molecule is COc1ccc(C(c2ccccc2)(c2ccc(OC)cc2)c2cccc(C(O)O)n2)cc1. The van der Waals surface area contributed by atoms with Crippen LogP contribution in [0.3, 0.4) is 0 Å². The molecule has 0 saturated heterocycles. The van der Waals surface area contributed by atoms with Crippen molar-refractivity contribution in [2.75, 3.05) is 14.2 Å². The fourth-order valence-electron chi connectivity index (χ4n) is 4.12. The molecule has 0 atom stereocenters. The highest BCUT2D eigenvalue weighted by Gasteiger charge is 2.40. The topological polar surface area (TPSA) is 71.8 Å². The summed E-state index contributed by atoms with van der Waals surface area (Å²) in [5.74, 6) is 1.50. The van der Waals surface area contributed by atoms with Crippen molar-refractivity contribution < 1.29 is 19.7 Å². The van der Waals surface area contributed by atoms with Crippen LogP contribution in [0.5, 0.6) is 11.5 Å². The number of rotatable bonds is 7. The Hall–Kier alpha value is -3.67. The largest absolute Gasteiger partial charge is 0.497 e. The van der Waals surface area contributed by atoms with Gasteiger partial charge in [0.25, 0.3) is 0 Å². The van der Waals surface area contributed by atoms with Crippen molar-refractivity contribution in [3.63, 3.8) is 0 Å². The molecule has 5 heteroatoms. The third-order valence-corrected chi connectivity index (χ3v) is 5.67. The molecule has 0 bridgehead atoms. The van der Waals surface area contributed by atoms with Crippen molar-refractivity contribution in [2.45, 2.75) is 11.7 Å². The van der Waals surface area contributed by atoms with Crippen LogP contribution in [0.25, 0.3) is 0 Å². The molecule has 4 aromatic rings. The van der Waals surface area contributed by atoms with Crippen LogP contribution in [-0.4, -0.2) is 29.4 Å². The van der Waals surface area contributed by atoms with Gasteiger partial charge in [-0.2, -0.15) is 0 Å². The van der Waals surface area contributed by atoms with Gasteiger partial charge in [0.15, 0.2) is 6.29 Å². The summed E-state index contributed by atoms with van der Waals surface area (Å²) < 4.78 is 10.8. The molecule has 2 N–H and O–H groups in total. The predicted octanol–water partition coefficient (Wildman–Crippen LogP) is 4.46. The average Bonchev–Trinajstić information content (AvgIpc) is 2.86. The second-order valence-electron chi connectivity index (χ2n) is 7.39. The Bertz CT molecular complexity index is 1110. The van der Waals surface area contributed by atoms with Crippen molar-refractivity contribution in [1.29, 1.82) is 0 Å². The number of benzene rings is 3. The Kier molecular flexibility index (Phi) is 6.21. The van der Waals surface area contributed by atoms with Crippen LogP contribution in [0.15, 0.2) is 97.1 Å². The molecule has 32 heavy (non-hydrogen) atoms. The second-order valence-corrected chi connectivity index (χ2v) is 7.39. The summed E-state index contributed by atoms with van der Waals surface area (Å²) in [6.07, 6.45) is -1.67. The summed E-state index contributed by atoms with van der Waals surface area (Å²) in [7, 11) is 3.27. The molecule has 0 unspecified atom stereocenters. The van der Waals surface area contributed by atoms with Gasteiger partial charge in [0.05, 0.1) is 31.0 Å². The number of aliphatic hydroxyl groups is 2. The molecule has 0 spiro atoms. The van der Waals surface area contributed by atoms with E-state index < -0.39 is 11.7 Å². The smallest absolute Gasteiger partial charge is 0.196 e. The van der Waals surface area contributed by atoms with E-state index >= 15 is 0 Å². The van der Waals surface area contributed by atoms with E-state index in [9.17, 15) is 10.2 Å². The number of aliphatic hydroxyl groups excluding tert-OH is 1. The Morgan fingerprint density at radius 2 is 1.12 bits per heavy atom. The fourth-order valence-corrected chi connectivity index (χ4v) is 4.12. The lowest BCUT2D eigenvalue weighted by atomic mass is 9.67. The third kappa shape index (κ3) is 3.84. The molecule has 0 aliphatic rings. The zero-order valence-electron chi connectivity index (χ0n) is 18.0. The molecule has 0 amide bonds. The van der Waals surface area contributed by atoms with Gasteiger partial charge in [-0.15, -0.1) is 0 Å². The Labute approximate surface area is 187 Å². The number of hydrogen-bond donors (Lipinski definition) is 2. The highest BCUT2D eigenvalue weighted by Crippen LogP contribution is 2.45. The predicted molar refractivity (Wildman–Crippen MR) is 123 cm³/mol. The maximum Gasteiger partial charge on any atom is 0.196 e. The summed E-state index contributed by atoms with van der Waals surface area (Å²) in [5.41, 5.74) is 2.96. The zero-order valence-corrected chi connectivity index (χ0v) is 18.0. The van der Waals surface area contributed by atoms with Crippen molar-refractivity contribution in [3.8, 4) is 11.5 Å². The van der Waals surface area contributed by atoms with Gasteiger partial charge in [-0.3, -0.25) is 4.98 Å². The zero-order chi connectivity index (χ0) is 22.6. The summed E-state index contributed by atoms with van der Waals surface area (Å²) in [6, 6.07) is 31.1. The molecule has 4 rings (SSSR count). The number of aromatic nitrogens is 1. The molecule has 0 radical (unpaired) electrons. The summed E-state index contributed by atoms with van der Waals surface area (Å²) in [4.78, 5) is 4.70. The molecule has 3 aromatic carbocycles. The molecule has 162 valence electrons. The van der Waals surface area contributed by atoms with Gasteiger partial charge in [0.2, 0.25) is 0 Å². The van der Waals surface area contributed by atoms with E-state index in [0.29, 0.717) is 5.69 Å². The normalized spacial score (nSPS) is 11.4. The molecule has 5 nitrogen and oxygen atoms in total. The van der Waals surface area contributed by atoms with Crippen molar-refractivity contribution in [1.82, 2.24) is 4.98 Å². The Morgan fingerprint density at radius 1 is 0.625 bits per heavy atom. The molecule has 1 aromatic heterocycles. The number of hydrogen-bond acceptors (Lipinski definition) is 5. The van der Waals surface area contributed by atoms with Gasteiger partial charge in [-0.25, -0.2) is 0 Å². The van der Waals surface area contributed by atoms with Gasteiger partial charge in [0.1, 0.15) is 11.5 Å². The van der Waals surface area contributed by atoms with E-state index in [4.69, 9.17) is 14.5 Å². The molecule has 0 saturated carbocycles. The molecule has 1 heterocycles. The number of ether oxygens (including phenoxy) is 2. The van der Waals surface area contributed by atoms with E-state index in [1.807, 2.05) is 72.8 Å². The standard InChI is InChI=1S/C27H25NO4/c1-31-22-15-11-20(12-16-22)27(19-7-4-3-5-8-19,21-13-17-23(32-2)18-14-21)25-10-6-9-24(28-25)26(29)30/h3-18,26,29-30H,1-2H3. The first-order chi connectivity index (χ1) is 15.6. The van der Waals surface area contributed by atoms with Crippen LogP contribution in [0.4, 0.5) is 0 Å². The minimum atomic E-state index is -1.67. The van der Waals surface area contributed by atoms with Crippen molar-refractivity contribution >= 4 is 0 Å². The van der Waals surface area contributed by atoms with Crippen LogP contribution in [0.2, 0.25) is 0 Å². The van der Waals surface area contributed by atoms with Gasteiger partial charge < -0.3 is 19.7 Å². The van der Waals surface area contributed by atoms with E-state index in [0.717, 1.165) is 28.2 Å². The van der Waals surface area contributed by atoms with Crippen LogP contribution in [0, 0.1) is 0 Å². The maximum atomic E-state index is 9.82. The van der Waals surface area contributed by atoms with E-state index in [1.165, 1.54) is 0 Å². The quantitative estimate of drug-likeness (QED) is 0.336. The van der Waals surface area contributed by atoms with Crippen molar-refractivity contribution in [2.24, 2.45) is 0 Å². The summed E-state index contributed by atoms with van der Waals surface area (Å²) in [6.45, 7) is 0. The van der Waals surface area contributed by atoms with Crippen molar-refractivity contribution in [3.05, 3.63) is 125 Å². The van der Waals surface area contributed by atoms with Gasteiger partial charge in [0, 0.05) is 0 Å². The van der Waals surface area contributed by atoms with E-state index in [2.05, 4.69) is 12.1 Å². The fraction of sp³-hybridized carbons (Fsp3) is 0.148. The molecular formula is C27H25NO4. The highest BCUT2D eigenvalue weighted by molar-refractivity contribution is 5.59.